The molecule has 0 bridgehead atoms. The van der Waals surface area contributed by atoms with E-state index in [2.05, 4.69) is 21.2 Å². The van der Waals surface area contributed by atoms with E-state index in [1.807, 2.05) is 0 Å². The topological polar surface area (TPSA) is 109 Å². The zero-order valence-corrected chi connectivity index (χ0v) is 17.8. The van der Waals surface area contributed by atoms with Crippen molar-refractivity contribution >= 4 is 52.8 Å². The maximum absolute atomic E-state index is 12.1. The van der Waals surface area contributed by atoms with E-state index < -0.39 is 17.7 Å². The Morgan fingerprint density at radius 1 is 1.07 bits per heavy atom. The zero-order chi connectivity index (χ0) is 22.1. The van der Waals surface area contributed by atoms with Crippen LogP contribution in [-0.4, -0.2) is 36.6 Å². The molecule has 0 aliphatic rings. The lowest BCUT2D eigenvalue weighted by Crippen LogP contribution is -2.41. The minimum absolute atomic E-state index is 0.170. The van der Waals surface area contributed by atoms with E-state index in [1.54, 1.807) is 50.2 Å². The Labute approximate surface area is 183 Å². The molecule has 8 nitrogen and oxygen atoms in total. The number of carbonyl (C=O) groups is 3. The Morgan fingerprint density at radius 3 is 2.50 bits per heavy atom. The summed E-state index contributed by atoms with van der Waals surface area (Å²) in [5.74, 6) is -1.71. The van der Waals surface area contributed by atoms with Gasteiger partial charge in [0.15, 0.2) is 6.61 Å². The van der Waals surface area contributed by atoms with Crippen LogP contribution in [0.3, 0.4) is 0 Å². The molecule has 2 aromatic carbocycles. The summed E-state index contributed by atoms with van der Waals surface area (Å²) < 4.78 is 5.53. The van der Waals surface area contributed by atoms with Gasteiger partial charge in [0.05, 0.1) is 16.3 Å². The maximum atomic E-state index is 12.1. The molecule has 0 unspecified atom stereocenters. The van der Waals surface area contributed by atoms with Crippen molar-refractivity contribution in [1.29, 1.82) is 0 Å². The van der Waals surface area contributed by atoms with E-state index in [9.17, 15) is 14.4 Å². The van der Waals surface area contributed by atoms with E-state index in [4.69, 9.17) is 27.9 Å². The van der Waals surface area contributed by atoms with Crippen molar-refractivity contribution < 1.29 is 19.1 Å². The fraction of sp³-hybridized carbons (Fsp3) is 0.200. The molecule has 0 radical (unpaired) electrons. The van der Waals surface area contributed by atoms with Crippen molar-refractivity contribution in [2.75, 3.05) is 11.9 Å². The molecule has 3 amide bonds. The van der Waals surface area contributed by atoms with Crippen LogP contribution >= 0.6 is 23.2 Å². The van der Waals surface area contributed by atoms with Crippen LogP contribution in [0.2, 0.25) is 10.0 Å². The summed E-state index contributed by atoms with van der Waals surface area (Å²) in [4.78, 5) is 35.3. The predicted molar refractivity (Wildman–Crippen MR) is 116 cm³/mol. The van der Waals surface area contributed by atoms with E-state index in [1.165, 1.54) is 12.3 Å². The van der Waals surface area contributed by atoms with Crippen molar-refractivity contribution in [3.8, 4) is 5.75 Å². The highest BCUT2D eigenvalue weighted by molar-refractivity contribution is 6.42. The van der Waals surface area contributed by atoms with Crippen LogP contribution < -0.4 is 20.8 Å². The average molecular weight is 451 g/mol. The number of nitrogens with one attached hydrogen (secondary N) is 3. The summed E-state index contributed by atoms with van der Waals surface area (Å²) in [6, 6.07) is 11.3. The van der Waals surface area contributed by atoms with Crippen LogP contribution in [-0.2, 0) is 14.4 Å². The van der Waals surface area contributed by atoms with Crippen LogP contribution in [0.1, 0.15) is 19.4 Å². The summed E-state index contributed by atoms with van der Waals surface area (Å²) in [7, 11) is 0. The first-order chi connectivity index (χ1) is 14.3. The minimum atomic E-state index is -0.889. The maximum Gasteiger partial charge on any atom is 0.329 e. The van der Waals surface area contributed by atoms with Gasteiger partial charge in [-0.25, -0.2) is 5.43 Å². The van der Waals surface area contributed by atoms with Gasteiger partial charge in [-0.15, -0.1) is 0 Å². The fourth-order valence-electron chi connectivity index (χ4n) is 2.17. The van der Waals surface area contributed by atoms with Gasteiger partial charge >= 0.3 is 11.8 Å². The Bertz CT molecular complexity index is 964. The molecular weight excluding hydrogens is 431 g/mol. The lowest BCUT2D eigenvalue weighted by atomic mass is 10.2. The molecule has 0 aliphatic carbocycles. The highest BCUT2D eigenvalue weighted by atomic mass is 35.5. The van der Waals surface area contributed by atoms with Gasteiger partial charge < -0.3 is 15.4 Å². The van der Waals surface area contributed by atoms with Crippen molar-refractivity contribution in [3.05, 3.63) is 58.1 Å². The standard InChI is InChI=1S/C20H20Cl2N4O4/c1-12(2)24-19(28)20(29)26-23-10-13-5-3-4-6-17(13)30-11-18(27)25-14-7-8-15(21)16(22)9-14/h3-10,12H,11H2,1-2H3,(H,24,28)(H,25,27)(H,26,29)/b23-10-. The van der Waals surface area contributed by atoms with Crippen molar-refractivity contribution in [2.45, 2.75) is 19.9 Å². The molecule has 0 saturated heterocycles. The molecule has 10 heteroatoms. The first-order valence-electron chi connectivity index (χ1n) is 8.87. The van der Waals surface area contributed by atoms with E-state index >= 15 is 0 Å². The lowest BCUT2D eigenvalue weighted by Gasteiger charge is -2.10. The largest absolute Gasteiger partial charge is 0.483 e. The monoisotopic (exact) mass is 450 g/mol. The van der Waals surface area contributed by atoms with Gasteiger partial charge in [0.1, 0.15) is 5.75 Å². The minimum Gasteiger partial charge on any atom is -0.483 e. The summed E-state index contributed by atoms with van der Waals surface area (Å²) in [5, 5.41) is 9.55. The molecule has 0 heterocycles. The Hall–Kier alpha value is -3.10. The first-order valence-corrected chi connectivity index (χ1v) is 9.62. The number of halogens is 2. The third-order valence-electron chi connectivity index (χ3n) is 3.48. The molecule has 0 saturated carbocycles. The molecule has 158 valence electrons. The summed E-state index contributed by atoms with van der Waals surface area (Å²) in [6.45, 7) is 3.20. The number of benzene rings is 2. The number of hydrogen-bond acceptors (Lipinski definition) is 5. The second-order valence-corrected chi connectivity index (χ2v) is 7.15. The van der Waals surface area contributed by atoms with Crippen LogP contribution in [0.4, 0.5) is 5.69 Å². The van der Waals surface area contributed by atoms with Gasteiger partial charge in [-0.3, -0.25) is 14.4 Å². The third kappa shape index (κ3) is 7.38. The molecule has 0 spiro atoms. The molecule has 2 rings (SSSR count). The Balaban J connectivity index is 1.93. The van der Waals surface area contributed by atoms with Gasteiger partial charge in [-0.2, -0.15) is 5.10 Å². The highest BCUT2D eigenvalue weighted by Crippen LogP contribution is 2.25. The molecule has 0 atom stereocenters. The van der Waals surface area contributed by atoms with Gasteiger partial charge in [0.25, 0.3) is 5.91 Å². The molecule has 2 aromatic rings. The number of anilines is 1. The fourth-order valence-corrected chi connectivity index (χ4v) is 2.47. The molecule has 3 N–H and O–H groups in total. The van der Waals surface area contributed by atoms with Gasteiger partial charge in [-0.05, 0) is 44.2 Å². The van der Waals surface area contributed by atoms with Gasteiger partial charge in [0.2, 0.25) is 0 Å². The number of amides is 3. The van der Waals surface area contributed by atoms with Crippen molar-refractivity contribution in [1.82, 2.24) is 10.7 Å². The molecule has 0 fully saturated rings. The molecule has 0 aromatic heterocycles. The number of rotatable bonds is 7. The lowest BCUT2D eigenvalue weighted by molar-refractivity contribution is -0.139. The van der Waals surface area contributed by atoms with Crippen LogP contribution in [0.25, 0.3) is 0 Å². The van der Waals surface area contributed by atoms with E-state index in [0.717, 1.165) is 0 Å². The smallest absolute Gasteiger partial charge is 0.329 e. The first kappa shape index (κ1) is 23.2. The van der Waals surface area contributed by atoms with Gasteiger partial charge in [0, 0.05) is 17.3 Å². The van der Waals surface area contributed by atoms with Crippen LogP contribution in [0.5, 0.6) is 5.75 Å². The van der Waals surface area contributed by atoms with Crippen LogP contribution in [0.15, 0.2) is 47.6 Å². The summed E-state index contributed by atoms with van der Waals surface area (Å²) >= 11 is 11.8. The number of nitrogens with zero attached hydrogens (tertiary/aromatic N) is 1. The second kappa shape index (κ2) is 11.2. The number of para-hydroxylation sites is 1. The van der Waals surface area contributed by atoms with Gasteiger partial charge in [-0.1, -0.05) is 35.3 Å². The highest BCUT2D eigenvalue weighted by Gasteiger charge is 2.13. The number of hydrogen-bond donors (Lipinski definition) is 3. The predicted octanol–water partition coefficient (Wildman–Crippen LogP) is 2.99. The molecule has 30 heavy (non-hydrogen) atoms. The van der Waals surface area contributed by atoms with E-state index in [-0.39, 0.29) is 12.6 Å². The molecular formula is C20H20Cl2N4O4. The average Bonchev–Trinajstić information content (AvgIpc) is 2.69. The quantitative estimate of drug-likeness (QED) is 0.342. The normalized spacial score (nSPS) is 10.7. The summed E-state index contributed by atoms with van der Waals surface area (Å²) in [5.41, 5.74) is 3.12. The number of hydrazone groups is 1. The number of carbonyl (C=O) groups excluding carboxylic acids is 3. The SMILES string of the molecule is CC(C)NC(=O)C(=O)N/N=C\c1ccccc1OCC(=O)Nc1ccc(Cl)c(Cl)c1. The molecule has 0 aliphatic heterocycles. The van der Waals surface area contributed by atoms with E-state index in [0.29, 0.717) is 27.0 Å². The van der Waals surface area contributed by atoms with Crippen LogP contribution in [0, 0.1) is 0 Å². The number of ether oxygens (including phenoxy) is 1. The zero-order valence-electron chi connectivity index (χ0n) is 16.2. The summed E-state index contributed by atoms with van der Waals surface area (Å²) in [6.07, 6.45) is 1.31. The second-order valence-electron chi connectivity index (χ2n) is 6.33. The Morgan fingerprint density at radius 2 is 1.80 bits per heavy atom. The Kier molecular flexibility index (Phi) is 8.64. The van der Waals surface area contributed by atoms with Crippen molar-refractivity contribution in [3.63, 3.8) is 0 Å². The van der Waals surface area contributed by atoms with Crippen molar-refractivity contribution in [2.24, 2.45) is 5.10 Å². The third-order valence-corrected chi connectivity index (χ3v) is 4.22.